The number of nitrogens with zero attached hydrogens (tertiary/aromatic N) is 1. The first-order valence-electron chi connectivity index (χ1n) is 6.52. The maximum absolute atomic E-state index is 3.50. The van der Waals surface area contributed by atoms with Crippen LogP contribution in [-0.4, -0.2) is 50.1 Å². The van der Waals surface area contributed by atoms with Crippen molar-refractivity contribution in [1.29, 1.82) is 0 Å². The van der Waals surface area contributed by atoms with E-state index in [1.165, 1.54) is 38.1 Å². The number of nitrogens with one attached hydrogen (secondary N) is 1. The third kappa shape index (κ3) is 4.64. The maximum Gasteiger partial charge on any atom is 0.0105 e. The van der Waals surface area contributed by atoms with E-state index < -0.39 is 0 Å². The fourth-order valence-electron chi connectivity index (χ4n) is 2.82. The Kier molecular flexibility index (Phi) is 6.78. The van der Waals surface area contributed by atoms with Crippen molar-refractivity contribution < 1.29 is 0 Å². The van der Waals surface area contributed by atoms with Gasteiger partial charge in [-0.05, 0) is 51.4 Å². The van der Waals surface area contributed by atoms with Crippen LogP contribution in [0.4, 0.5) is 0 Å². The van der Waals surface area contributed by atoms with Crippen LogP contribution in [0.15, 0.2) is 0 Å². The summed E-state index contributed by atoms with van der Waals surface area (Å²) >= 11 is 1.94. The molecule has 3 unspecified atom stereocenters. The van der Waals surface area contributed by atoms with Gasteiger partial charge in [0.2, 0.25) is 0 Å². The summed E-state index contributed by atoms with van der Waals surface area (Å²) < 4.78 is 0. The van der Waals surface area contributed by atoms with Gasteiger partial charge >= 0.3 is 0 Å². The molecule has 3 atom stereocenters. The average molecular weight is 244 g/mol. The molecule has 96 valence electrons. The van der Waals surface area contributed by atoms with Gasteiger partial charge < -0.3 is 10.2 Å². The lowest BCUT2D eigenvalue weighted by atomic mass is 9.78. The number of hydrogen-bond donors (Lipinski definition) is 1. The van der Waals surface area contributed by atoms with Crippen LogP contribution in [0.1, 0.15) is 26.2 Å². The van der Waals surface area contributed by atoms with Crippen molar-refractivity contribution in [3.05, 3.63) is 0 Å². The molecule has 3 heteroatoms. The van der Waals surface area contributed by atoms with Gasteiger partial charge in [0.1, 0.15) is 0 Å². The summed E-state index contributed by atoms with van der Waals surface area (Å²) in [6.07, 6.45) is 6.34. The van der Waals surface area contributed by atoms with Crippen molar-refractivity contribution in [2.45, 2.75) is 32.2 Å². The van der Waals surface area contributed by atoms with Crippen molar-refractivity contribution in [3.8, 4) is 0 Å². The molecule has 1 aliphatic rings. The zero-order chi connectivity index (χ0) is 12.0. The van der Waals surface area contributed by atoms with E-state index in [-0.39, 0.29) is 0 Å². The molecule has 16 heavy (non-hydrogen) atoms. The normalized spacial score (nSPS) is 30.9. The molecule has 1 N–H and O–H groups in total. The molecule has 0 bridgehead atoms. The first-order chi connectivity index (χ1) is 7.67. The lowest BCUT2D eigenvalue weighted by Crippen LogP contribution is -2.43. The van der Waals surface area contributed by atoms with Crippen LogP contribution < -0.4 is 5.32 Å². The Morgan fingerprint density at radius 3 is 2.75 bits per heavy atom. The van der Waals surface area contributed by atoms with Crippen LogP contribution in [0.2, 0.25) is 0 Å². The Morgan fingerprint density at radius 1 is 1.38 bits per heavy atom. The Bertz CT molecular complexity index is 187. The Labute approximate surface area is 106 Å². The summed E-state index contributed by atoms with van der Waals surface area (Å²) in [4.78, 5) is 2.50. The summed E-state index contributed by atoms with van der Waals surface area (Å²) in [5.74, 6) is 3.02. The lowest BCUT2D eigenvalue weighted by Gasteiger charge is -2.37. The summed E-state index contributed by atoms with van der Waals surface area (Å²) in [6.45, 7) is 4.89. The Hall–Kier alpha value is 0.270. The van der Waals surface area contributed by atoms with Gasteiger partial charge in [-0.1, -0.05) is 6.92 Å². The van der Waals surface area contributed by atoms with Gasteiger partial charge in [-0.15, -0.1) is 0 Å². The highest BCUT2D eigenvalue weighted by Crippen LogP contribution is 2.29. The molecule has 2 nitrogen and oxygen atoms in total. The Morgan fingerprint density at radius 2 is 2.12 bits per heavy atom. The standard InChI is InChI=1S/C13H28N2S/c1-11-5-6-13(14-2)12(9-11)10-15(3)7-8-16-4/h11-14H,5-10H2,1-4H3. The third-order valence-corrected chi connectivity index (χ3v) is 4.43. The molecular weight excluding hydrogens is 216 g/mol. The van der Waals surface area contributed by atoms with E-state index in [4.69, 9.17) is 0 Å². The lowest BCUT2D eigenvalue weighted by molar-refractivity contribution is 0.169. The van der Waals surface area contributed by atoms with Gasteiger partial charge in [0, 0.05) is 24.9 Å². The number of thioether (sulfide) groups is 1. The van der Waals surface area contributed by atoms with Crippen LogP contribution in [0.3, 0.4) is 0 Å². The second-order valence-corrected chi connectivity index (χ2v) is 6.31. The molecule has 0 radical (unpaired) electrons. The zero-order valence-electron chi connectivity index (χ0n) is 11.3. The highest BCUT2D eigenvalue weighted by molar-refractivity contribution is 7.98. The van der Waals surface area contributed by atoms with E-state index in [9.17, 15) is 0 Å². The van der Waals surface area contributed by atoms with Gasteiger partial charge in [-0.25, -0.2) is 0 Å². The van der Waals surface area contributed by atoms with Crippen molar-refractivity contribution >= 4 is 11.8 Å². The number of hydrogen-bond acceptors (Lipinski definition) is 3. The van der Waals surface area contributed by atoms with E-state index in [2.05, 4.69) is 37.5 Å². The van der Waals surface area contributed by atoms with Crippen molar-refractivity contribution in [1.82, 2.24) is 10.2 Å². The van der Waals surface area contributed by atoms with Gasteiger partial charge in [-0.2, -0.15) is 11.8 Å². The molecule has 0 aromatic carbocycles. The minimum atomic E-state index is 0.743. The molecule has 0 amide bonds. The molecule has 0 spiro atoms. The highest BCUT2D eigenvalue weighted by Gasteiger charge is 2.28. The smallest absolute Gasteiger partial charge is 0.0105 e. The average Bonchev–Trinajstić information content (AvgIpc) is 2.27. The largest absolute Gasteiger partial charge is 0.317 e. The first kappa shape index (κ1) is 14.3. The summed E-state index contributed by atoms with van der Waals surface area (Å²) in [7, 11) is 4.39. The summed E-state index contributed by atoms with van der Waals surface area (Å²) in [5, 5.41) is 3.50. The second kappa shape index (κ2) is 7.57. The van der Waals surface area contributed by atoms with Gasteiger partial charge in [0.15, 0.2) is 0 Å². The fraction of sp³-hybridized carbons (Fsp3) is 1.00. The monoisotopic (exact) mass is 244 g/mol. The summed E-state index contributed by atoms with van der Waals surface area (Å²) in [5.41, 5.74) is 0. The van der Waals surface area contributed by atoms with Crippen molar-refractivity contribution in [2.75, 3.05) is 39.2 Å². The fourth-order valence-corrected chi connectivity index (χ4v) is 3.31. The molecule has 1 rings (SSSR count). The molecule has 0 aliphatic heterocycles. The van der Waals surface area contributed by atoms with E-state index >= 15 is 0 Å². The topological polar surface area (TPSA) is 15.3 Å². The molecular formula is C13H28N2S. The highest BCUT2D eigenvalue weighted by atomic mass is 32.2. The van der Waals surface area contributed by atoms with Crippen LogP contribution in [0.5, 0.6) is 0 Å². The van der Waals surface area contributed by atoms with Crippen LogP contribution in [0.25, 0.3) is 0 Å². The zero-order valence-corrected chi connectivity index (χ0v) is 12.1. The Balaban J connectivity index is 2.36. The van der Waals surface area contributed by atoms with Crippen molar-refractivity contribution in [2.24, 2.45) is 11.8 Å². The van der Waals surface area contributed by atoms with Crippen LogP contribution >= 0.6 is 11.8 Å². The molecule has 1 fully saturated rings. The predicted molar refractivity (Wildman–Crippen MR) is 75.2 cm³/mol. The van der Waals surface area contributed by atoms with E-state index in [0.717, 1.165) is 17.9 Å². The SMILES string of the molecule is CNC1CCC(C)CC1CN(C)CCSC. The van der Waals surface area contributed by atoms with Crippen LogP contribution in [0, 0.1) is 11.8 Å². The van der Waals surface area contributed by atoms with E-state index in [1.807, 2.05) is 11.8 Å². The maximum atomic E-state index is 3.50. The van der Waals surface area contributed by atoms with Gasteiger partial charge in [-0.3, -0.25) is 0 Å². The quantitative estimate of drug-likeness (QED) is 0.772. The van der Waals surface area contributed by atoms with Crippen LogP contribution in [-0.2, 0) is 0 Å². The molecule has 0 aromatic heterocycles. The molecule has 1 aliphatic carbocycles. The third-order valence-electron chi connectivity index (χ3n) is 3.84. The van der Waals surface area contributed by atoms with Crippen molar-refractivity contribution in [3.63, 3.8) is 0 Å². The predicted octanol–water partition coefficient (Wildman–Crippen LogP) is 2.31. The minimum Gasteiger partial charge on any atom is -0.317 e. The first-order valence-corrected chi connectivity index (χ1v) is 7.91. The minimum absolute atomic E-state index is 0.743. The molecule has 0 aromatic rings. The molecule has 0 saturated heterocycles. The van der Waals surface area contributed by atoms with Gasteiger partial charge in [0.25, 0.3) is 0 Å². The second-order valence-electron chi connectivity index (χ2n) is 5.33. The van der Waals surface area contributed by atoms with Gasteiger partial charge in [0.05, 0.1) is 0 Å². The number of rotatable bonds is 6. The van der Waals surface area contributed by atoms with E-state index in [0.29, 0.717) is 0 Å². The molecule has 1 saturated carbocycles. The van der Waals surface area contributed by atoms with E-state index in [1.54, 1.807) is 0 Å². The molecule has 0 heterocycles. The summed E-state index contributed by atoms with van der Waals surface area (Å²) in [6, 6.07) is 0.743.